The van der Waals surface area contributed by atoms with E-state index in [1.54, 1.807) is 7.05 Å². The number of carbonyl (C=O) groups is 2. The summed E-state index contributed by atoms with van der Waals surface area (Å²) in [6.45, 7) is 0.804. The molecule has 2 rings (SSSR count). The lowest BCUT2D eigenvalue weighted by molar-refractivity contribution is -0.126. The standard InChI is InChI=1S/C16H26N2O3/c1-18-11-13(14(19)16(18)21)15(20)17-10-6-5-9-12-7-3-2-4-8-12/h12,19H,2-11H2,1H3,(H,17,20). The number of amides is 2. The van der Waals surface area contributed by atoms with E-state index >= 15 is 0 Å². The van der Waals surface area contributed by atoms with E-state index in [0.717, 1.165) is 18.8 Å². The van der Waals surface area contributed by atoms with Gasteiger partial charge in [0, 0.05) is 13.6 Å². The Kier molecular flexibility index (Phi) is 5.65. The van der Waals surface area contributed by atoms with Crippen molar-refractivity contribution < 1.29 is 14.7 Å². The third kappa shape index (κ3) is 4.22. The molecule has 21 heavy (non-hydrogen) atoms. The van der Waals surface area contributed by atoms with Crippen molar-refractivity contribution >= 4 is 11.8 Å². The summed E-state index contributed by atoms with van der Waals surface area (Å²) in [7, 11) is 1.57. The van der Waals surface area contributed by atoms with Gasteiger partial charge in [-0.15, -0.1) is 0 Å². The highest BCUT2D eigenvalue weighted by atomic mass is 16.3. The van der Waals surface area contributed by atoms with Gasteiger partial charge in [0.1, 0.15) is 0 Å². The Morgan fingerprint density at radius 1 is 1.29 bits per heavy atom. The van der Waals surface area contributed by atoms with Crippen molar-refractivity contribution in [2.45, 2.75) is 51.4 Å². The zero-order valence-corrected chi connectivity index (χ0v) is 12.9. The monoisotopic (exact) mass is 294 g/mol. The van der Waals surface area contributed by atoms with E-state index in [0.29, 0.717) is 6.54 Å². The van der Waals surface area contributed by atoms with Gasteiger partial charge in [0.2, 0.25) is 0 Å². The molecule has 1 saturated carbocycles. The Balaban J connectivity index is 1.62. The highest BCUT2D eigenvalue weighted by molar-refractivity contribution is 6.06. The van der Waals surface area contributed by atoms with Crippen molar-refractivity contribution in [3.8, 4) is 0 Å². The van der Waals surface area contributed by atoms with E-state index in [4.69, 9.17) is 0 Å². The van der Waals surface area contributed by atoms with Gasteiger partial charge >= 0.3 is 0 Å². The summed E-state index contributed by atoms with van der Waals surface area (Å²) in [5.41, 5.74) is 0.190. The lowest BCUT2D eigenvalue weighted by Gasteiger charge is -2.21. The van der Waals surface area contributed by atoms with E-state index in [9.17, 15) is 14.7 Å². The first kappa shape index (κ1) is 15.9. The van der Waals surface area contributed by atoms with Crippen LogP contribution in [0, 0.1) is 5.92 Å². The largest absolute Gasteiger partial charge is 0.503 e. The van der Waals surface area contributed by atoms with Crippen molar-refractivity contribution in [2.24, 2.45) is 5.92 Å². The number of nitrogens with zero attached hydrogens (tertiary/aromatic N) is 1. The van der Waals surface area contributed by atoms with Crippen molar-refractivity contribution in [2.75, 3.05) is 20.1 Å². The highest BCUT2D eigenvalue weighted by Gasteiger charge is 2.31. The van der Waals surface area contributed by atoms with Crippen LogP contribution in [0.5, 0.6) is 0 Å². The van der Waals surface area contributed by atoms with Gasteiger partial charge in [-0.05, 0) is 12.3 Å². The topological polar surface area (TPSA) is 69.6 Å². The molecule has 5 nitrogen and oxygen atoms in total. The summed E-state index contributed by atoms with van der Waals surface area (Å²) < 4.78 is 0. The van der Waals surface area contributed by atoms with Crippen LogP contribution in [-0.2, 0) is 9.59 Å². The van der Waals surface area contributed by atoms with Crippen LogP contribution >= 0.6 is 0 Å². The van der Waals surface area contributed by atoms with Gasteiger partial charge in [-0.1, -0.05) is 44.9 Å². The van der Waals surface area contributed by atoms with E-state index in [1.807, 2.05) is 0 Å². The first-order valence-electron chi connectivity index (χ1n) is 8.05. The van der Waals surface area contributed by atoms with Crippen LogP contribution in [0.15, 0.2) is 11.3 Å². The van der Waals surface area contributed by atoms with Crippen LogP contribution in [0.25, 0.3) is 0 Å². The lowest BCUT2D eigenvalue weighted by Crippen LogP contribution is -2.29. The average Bonchev–Trinajstić information content (AvgIpc) is 2.75. The zero-order valence-electron chi connectivity index (χ0n) is 12.9. The lowest BCUT2D eigenvalue weighted by atomic mass is 9.86. The second-order valence-electron chi connectivity index (χ2n) is 6.24. The molecule has 2 aliphatic rings. The molecular formula is C16H26N2O3. The number of aliphatic hydroxyl groups is 1. The molecule has 5 heteroatoms. The highest BCUT2D eigenvalue weighted by Crippen LogP contribution is 2.27. The molecule has 1 aliphatic carbocycles. The molecule has 0 bridgehead atoms. The average molecular weight is 294 g/mol. The predicted molar refractivity (Wildman–Crippen MR) is 80.7 cm³/mol. The predicted octanol–water partition coefficient (Wildman–Crippen LogP) is 2.14. The second-order valence-corrected chi connectivity index (χ2v) is 6.24. The Morgan fingerprint density at radius 2 is 2.00 bits per heavy atom. The maximum Gasteiger partial charge on any atom is 0.289 e. The van der Waals surface area contributed by atoms with Gasteiger partial charge in [0.15, 0.2) is 5.76 Å². The summed E-state index contributed by atoms with van der Waals surface area (Å²) in [4.78, 5) is 24.7. The fraction of sp³-hybridized carbons (Fsp3) is 0.750. The Bertz CT molecular complexity index is 425. The summed E-state index contributed by atoms with van der Waals surface area (Å²) in [5, 5.41) is 12.4. The summed E-state index contributed by atoms with van der Waals surface area (Å²) in [6, 6.07) is 0. The van der Waals surface area contributed by atoms with Gasteiger partial charge < -0.3 is 15.3 Å². The molecular weight excluding hydrogens is 268 g/mol. The van der Waals surface area contributed by atoms with Crippen molar-refractivity contribution in [3.05, 3.63) is 11.3 Å². The van der Waals surface area contributed by atoms with Gasteiger partial charge in [0.05, 0.1) is 12.1 Å². The molecule has 0 spiro atoms. The van der Waals surface area contributed by atoms with Crippen molar-refractivity contribution in [1.82, 2.24) is 10.2 Å². The molecule has 0 saturated heterocycles. The summed E-state index contributed by atoms with van der Waals surface area (Å²) in [6.07, 6.45) is 10.2. The normalized spacial score (nSPS) is 20.2. The quantitative estimate of drug-likeness (QED) is 0.737. The number of unbranched alkanes of at least 4 members (excludes halogenated alkanes) is 1. The van der Waals surface area contributed by atoms with Gasteiger partial charge in [-0.3, -0.25) is 9.59 Å². The maximum absolute atomic E-state index is 11.9. The molecule has 0 unspecified atom stereocenters. The van der Waals surface area contributed by atoms with Crippen molar-refractivity contribution in [3.63, 3.8) is 0 Å². The van der Waals surface area contributed by atoms with Crippen molar-refractivity contribution in [1.29, 1.82) is 0 Å². The molecule has 2 N–H and O–H groups in total. The van der Waals surface area contributed by atoms with Gasteiger partial charge in [-0.25, -0.2) is 0 Å². The van der Waals surface area contributed by atoms with E-state index < -0.39 is 11.7 Å². The number of rotatable bonds is 6. The van der Waals surface area contributed by atoms with Crippen LogP contribution in [0.3, 0.4) is 0 Å². The van der Waals surface area contributed by atoms with E-state index in [2.05, 4.69) is 5.32 Å². The minimum absolute atomic E-state index is 0.190. The Labute approximate surface area is 126 Å². The molecule has 1 aliphatic heterocycles. The SMILES string of the molecule is CN1CC(C(=O)NCCCCC2CCCCC2)=C(O)C1=O. The molecule has 0 aromatic rings. The number of likely N-dealkylation sites (N-methyl/N-ethyl adjacent to an activating group) is 1. The molecule has 118 valence electrons. The zero-order chi connectivity index (χ0) is 15.2. The van der Waals surface area contributed by atoms with E-state index in [-0.39, 0.29) is 18.0 Å². The smallest absolute Gasteiger partial charge is 0.289 e. The minimum atomic E-state index is -0.475. The van der Waals surface area contributed by atoms with Crippen LogP contribution in [0.4, 0.5) is 0 Å². The Hall–Kier alpha value is -1.52. The number of carbonyl (C=O) groups excluding carboxylic acids is 2. The third-order valence-corrected chi connectivity index (χ3v) is 4.55. The van der Waals surface area contributed by atoms with Crippen LogP contribution in [0.2, 0.25) is 0 Å². The fourth-order valence-corrected chi connectivity index (χ4v) is 3.22. The molecule has 2 amide bonds. The van der Waals surface area contributed by atoms with Crippen LogP contribution < -0.4 is 5.32 Å². The first-order valence-corrected chi connectivity index (χ1v) is 8.05. The number of hydrogen-bond donors (Lipinski definition) is 2. The molecule has 0 aromatic carbocycles. The van der Waals surface area contributed by atoms with Crippen LogP contribution in [-0.4, -0.2) is 42.0 Å². The second kappa shape index (κ2) is 7.48. The first-order chi connectivity index (χ1) is 10.1. The molecule has 1 heterocycles. The minimum Gasteiger partial charge on any atom is -0.503 e. The number of aliphatic hydroxyl groups excluding tert-OH is 1. The van der Waals surface area contributed by atoms with E-state index in [1.165, 1.54) is 43.4 Å². The molecule has 1 fully saturated rings. The summed E-state index contributed by atoms with van der Waals surface area (Å²) in [5.74, 6) is -0.320. The van der Waals surface area contributed by atoms with Gasteiger partial charge in [-0.2, -0.15) is 0 Å². The van der Waals surface area contributed by atoms with Crippen LogP contribution in [0.1, 0.15) is 51.4 Å². The molecule has 0 atom stereocenters. The fourth-order valence-electron chi connectivity index (χ4n) is 3.22. The molecule has 0 aromatic heterocycles. The Morgan fingerprint density at radius 3 is 2.62 bits per heavy atom. The van der Waals surface area contributed by atoms with Gasteiger partial charge in [0.25, 0.3) is 11.8 Å². The third-order valence-electron chi connectivity index (χ3n) is 4.55. The molecule has 0 radical (unpaired) electrons. The maximum atomic E-state index is 11.9. The number of hydrogen-bond acceptors (Lipinski definition) is 3. The summed E-state index contributed by atoms with van der Waals surface area (Å²) >= 11 is 0. The number of nitrogens with one attached hydrogen (secondary N) is 1.